The van der Waals surface area contributed by atoms with Crippen molar-refractivity contribution >= 4 is 44.4 Å². The molecule has 0 aliphatic carbocycles. The number of nitriles is 1. The maximum absolute atomic E-state index is 12.4. The van der Waals surface area contributed by atoms with Gasteiger partial charge in [-0.25, -0.2) is 0 Å². The van der Waals surface area contributed by atoms with Crippen LogP contribution in [0, 0.1) is 11.3 Å². The van der Waals surface area contributed by atoms with Crippen molar-refractivity contribution in [1.82, 2.24) is 14.8 Å². The monoisotopic (exact) mass is 427 g/mol. The molecule has 0 saturated heterocycles. The highest BCUT2D eigenvalue weighted by Crippen LogP contribution is 2.20. The first-order valence-electron chi connectivity index (χ1n) is 7.79. The molecule has 0 spiro atoms. The van der Waals surface area contributed by atoms with Crippen LogP contribution in [0.1, 0.15) is 17.6 Å². The van der Waals surface area contributed by atoms with Gasteiger partial charge in [-0.15, -0.1) is 10.2 Å². The van der Waals surface area contributed by atoms with Crippen LogP contribution in [0.15, 0.2) is 52.6 Å². The van der Waals surface area contributed by atoms with Gasteiger partial charge in [-0.2, -0.15) is 5.26 Å². The molecule has 0 radical (unpaired) electrons. The number of hydrogen-bond donors (Lipinski definition) is 1. The van der Waals surface area contributed by atoms with Gasteiger partial charge in [0.2, 0.25) is 5.13 Å². The molecule has 1 amide bonds. The summed E-state index contributed by atoms with van der Waals surface area (Å²) in [7, 11) is 0. The Labute approximate surface area is 162 Å². The smallest absolute Gasteiger partial charge is 0.268 e. The van der Waals surface area contributed by atoms with Crippen LogP contribution in [0.4, 0.5) is 5.13 Å². The number of carbonyl (C=O) groups is 1. The lowest BCUT2D eigenvalue weighted by molar-refractivity contribution is -0.112. The molecule has 26 heavy (non-hydrogen) atoms. The Balaban J connectivity index is 1.85. The summed E-state index contributed by atoms with van der Waals surface area (Å²) in [6.07, 6.45) is 4.18. The molecule has 1 aromatic carbocycles. The molecule has 2 aromatic heterocycles. The zero-order valence-corrected chi connectivity index (χ0v) is 16.2. The third-order valence-electron chi connectivity index (χ3n) is 3.53. The van der Waals surface area contributed by atoms with E-state index in [1.54, 1.807) is 6.08 Å². The molecule has 3 rings (SSSR count). The molecule has 0 unspecified atom stereocenters. The predicted molar refractivity (Wildman–Crippen MR) is 105 cm³/mol. The minimum absolute atomic E-state index is 0.00434. The summed E-state index contributed by atoms with van der Waals surface area (Å²) < 4.78 is 2.88. The second kappa shape index (κ2) is 8.08. The highest BCUT2D eigenvalue weighted by molar-refractivity contribution is 9.10. The van der Waals surface area contributed by atoms with Crippen LogP contribution < -0.4 is 5.32 Å². The van der Waals surface area contributed by atoms with E-state index in [1.807, 2.05) is 60.2 Å². The molecule has 130 valence electrons. The Hall–Kier alpha value is -2.76. The van der Waals surface area contributed by atoms with E-state index in [4.69, 9.17) is 0 Å². The van der Waals surface area contributed by atoms with Crippen molar-refractivity contribution in [2.45, 2.75) is 13.3 Å². The number of aryl methyl sites for hydroxylation is 1. The Morgan fingerprint density at radius 2 is 2.12 bits per heavy atom. The first-order valence-corrected chi connectivity index (χ1v) is 9.40. The summed E-state index contributed by atoms with van der Waals surface area (Å²) in [5, 5.41) is 21.1. The average molecular weight is 428 g/mol. The summed E-state index contributed by atoms with van der Waals surface area (Å²) in [6.45, 7) is 1.96. The fraction of sp³-hybridized carbons (Fsp3) is 0.111. The Morgan fingerprint density at radius 1 is 1.35 bits per heavy atom. The predicted octanol–water partition coefficient (Wildman–Crippen LogP) is 4.20. The fourth-order valence-corrected chi connectivity index (χ4v) is 3.20. The van der Waals surface area contributed by atoms with Crippen molar-refractivity contribution in [3.63, 3.8) is 0 Å². The highest BCUT2D eigenvalue weighted by atomic mass is 79.9. The summed E-state index contributed by atoms with van der Waals surface area (Å²) in [5.74, 6) is -0.505. The van der Waals surface area contributed by atoms with Gasteiger partial charge in [-0.1, -0.05) is 34.2 Å². The molecule has 2 heterocycles. The third-order valence-corrected chi connectivity index (χ3v) is 5.04. The zero-order valence-electron chi connectivity index (χ0n) is 13.8. The molecule has 3 aromatic rings. The minimum Gasteiger partial charge on any atom is -0.317 e. The lowest BCUT2D eigenvalue weighted by atomic mass is 10.2. The number of nitrogens with zero attached hydrogens (tertiary/aromatic N) is 4. The number of carbonyl (C=O) groups excluding carboxylic acids is 1. The molecule has 0 aliphatic heterocycles. The van der Waals surface area contributed by atoms with E-state index < -0.39 is 5.91 Å². The van der Waals surface area contributed by atoms with Crippen LogP contribution >= 0.6 is 27.3 Å². The number of anilines is 1. The second-order valence-electron chi connectivity index (χ2n) is 5.26. The van der Waals surface area contributed by atoms with E-state index in [1.165, 1.54) is 11.3 Å². The van der Waals surface area contributed by atoms with Crippen molar-refractivity contribution in [2.75, 3.05) is 5.32 Å². The largest absolute Gasteiger partial charge is 0.317 e. The number of nitrogens with one attached hydrogen (secondary N) is 1. The van der Waals surface area contributed by atoms with E-state index in [9.17, 15) is 10.1 Å². The van der Waals surface area contributed by atoms with E-state index in [0.29, 0.717) is 5.13 Å². The Kier molecular flexibility index (Phi) is 5.61. The standard InChI is InChI=1S/C18H14BrN5OS/c1-2-16-22-23-18(26-16)21-17(25)12(11-20)10-15-4-3-9-24(15)14-7-5-13(19)6-8-14/h3-10H,2H2,1H3,(H,21,23,25)/b12-10-. The number of aromatic nitrogens is 3. The molecule has 1 N–H and O–H groups in total. The quantitative estimate of drug-likeness (QED) is 0.488. The molecular weight excluding hydrogens is 414 g/mol. The van der Waals surface area contributed by atoms with Crippen molar-refractivity contribution in [3.8, 4) is 11.8 Å². The van der Waals surface area contributed by atoms with E-state index >= 15 is 0 Å². The van der Waals surface area contributed by atoms with Crippen LogP contribution in [0.2, 0.25) is 0 Å². The molecule has 0 fully saturated rings. The van der Waals surface area contributed by atoms with E-state index in [0.717, 1.165) is 27.3 Å². The van der Waals surface area contributed by atoms with Crippen LogP contribution in [0.5, 0.6) is 0 Å². The molecule has 0 atom stereocenters. The number of amides is 1. The molecule has 8 heteroatoms. The van der Waals surface area contributed by atoms with Gasteiger partial charge in [0, 0.05) is 22.1 Å². The topological polar surface area (TPSA) is 83.6 Å². The molecule has 0 aliphatic rings. The third kappa shape index (κ3) is 4.07. The summed E-state index contributed by atoms with van der Waals surface area (Å²) in [5.41, 5.74) is 1.65. The van der Waals surface area contributed by atoms with Crippen LogP contribution in [-0.2, 0) is 11.2 Å². The van der Waals surface area contributed by atoms with Gasteiger partial charge in [0.15, 0.2) is 0 Å². The Morgan fingerprint density at radius 3 is 2.77 bits per heavy atom. The van der Waals surface area contributed by atoms with Crippen LogP contribution in [-0.4, -0.2) is 20.7 Å². The lowest BCUT2D eigenvalue weighted by Gasteiger charge is -2.07. The molecular formula is C18H14BrN5OS. The maximum Gasteiger partial charge on any atom is 0.268 e. The van der Waals surface area contributed by atoms with Gasteiger partial charge in [0.25, 0.3) is 5.91 Å². The second-order valence-corrected chi connectivity index (χ2v) is 7.24. The van der Waals surface area contributed by atoms with Crippen molar-refractivity contribution in [3.05, 3.63) is 63.3 Å². The van der Waals surface area contributed by atoms with Gasteiger partial charge in [0.05, 0.1) is 0 Å². The number of hydrogen-bond acceptors (Lipinski definition) is 5. The van der Waals surface area contributed by atoms with Crippen molar-refractivity contribution in [1.29, 1.82) is 5.26 Å². The van der Waals surface area contributed by atoms with Crippen LogP contribution in [0.25, 0.3) is 11.8 Å². The molecule has 0 saturated carbocycles. The number of benzene rings is 1. The average Bonchev–Trinajstić information content (AvgIpc) is 3.29. The number of rotatable bonds is 5. The summed E-state index contributed by atoms with van der Waals surface area (Å²) in [4.78, 5) is 12.4. The lowest BCUT2D eigenvalue weighted by Crippen LogP contribution is -2.13. The molecule has 0 bridgehead atoms. The van der Waals surface area contributed by atoms with Crippen molar-refractivity contribution in [2.24, 2.45) is 0 Å². The highest BCUT2D eigenvalue weighted by Gasteiger charge is 2.13. The minimum atomic E-state index is -0.505. The fourth-order valence-electron chi connectivity index (χ4n) is 2.26. The zero-order chi connectivity index (χ0) is 18.5. The normalized spacial score (nSPS) is 11.2. The van der Waals surface area contributed by atoms with Gasteiger partial charge in [-0.3, -0.25) is 10.1 Å². The summed E-state index contributed by atoms with van der Waals surface area (Å²) in [6, 6.07) is 13.4. The maximum atomic E-state index is 12.4. The van der Waals surface area contributed by atoms with Gasteiger partial charge < -0.3 is 4.57 Å². The van der Waals surface area contributed by atoms with Crippen LogP contribution in [0.3, 0.4) is 0 Å². The van der Waals surface area contributed by atoms with E-state index in [2.05, 4.69) is 31.4 Å². The Bertz CT molecular complexity index is 997. The first-order chi connectivity index (χ1) is 12.6. The van der Waals surface area contributed by atoms with Gasteiger partial charge in [-0.05, 0) is 48.9 Å². The number of halogens is 1. The van der Waals surface area contributed by atoms with E-state index in [-0.39, 0.29) is 5.57 Å². The SMILES string of the molecule is CCc1nnc(NC(=O)/C(C#N)=C\c2cccn2-c2ccc(Br)cc2)s1. The first kappa shape index (κ1) is 18.0. The van der Waals surface area contributed by atoms with Gasteiger partial charge >= 0.3 is 0 Å². The summed E-state index contributed by atoms with van der Waals surface area (Å²) >= 11 is 4.71. The molecule has 6 nitrogen and oxygen atoms in total. The van der Waals surface area contributed by atoms with Crippen molar-refractivity contribution < 1.29 is 4.79 Å². The van der Waals surface area contributed by atoms with Gasteiger partial charge in [0.1, 0.15) is 16.6 Å².